The molecule has 0 aromatic heterocycles. The van der Waals surface area contributed by atoms with E-state index in [4.69, 9.17) is 0 Å². The fourth-order valence-corrected chi connectivity index (χ4v) is 3.26. The standard InChI is InChI=1S/C14H23BN2S/c1-13(2,3)16-15(12-10-8-7-9-11-12)17(18-16)14(4,5)6/h7-11H,1-6H3. The maximum atomic E-state index is 2.48. The molecule has 4 heteroatoms. The van der Waals surface area contributed by atoms with Gasteiger partial charge in [-0.05, 0) is 59.1 Å². The van der Waals surface area contributed by atoms with Gasteiger partial charge < -0.3 is 0 Å². The van der Waals surface area contributed by atoms with Crippen molar-refractivity contribution in [3.05, 3.63) is 30.3 Å². The third-order valence-corrected chi connectivity index (χ3v) is 4.89. The van der Waals surface area contributed by atoms with Crippen molar-refractivity contribution in [2.24, 2.45) is 0 Å². The Bertz CT molecular complexity index is 388. The summed E-state index contributed by atoms with van der Waals surface area (Å²) in [5.41, 5.74) is 1.72. The summed E-state index contributed by atoms with van der Waals surface area (Å²) in [6.07, 6.45) is 0. The fourth-order valence-electron chi connectivity index (χ4n) is 2.11. The lowest BCUT2D eigenvalue weighted by molar-refractivity contribution is 0.278. The largest absolute Gasteiger partial charge is 0.369 e. The van der Waals surface area contributed by atoms with Crippen LogP contribution in [0.4, 0.5) is 0 Å². The third kappa shape index (κ3) is 2.61. The molecular weight excluding hydrogens is 239 g/mol. The van der Waals surface area contributed by atoms with E-state index >= 15 is 0 Å². The summed E-state index contributed by atoms with van der Waals surface area (Å²) in [5, 5.41) is 0. The normalized spacial score (nSPS) is 18.9. The second-order valence-corrected chi connectivity index (χ2v) is 7.81. The smallest absolute Gasteiger partial charge is 0.251 e. The molecule has 2 rings (SSSR count). The van der Waals surface area contributed by atoms with Gasteiger partial charge >= 0.3 is 6.98 Å². The number of hydrogen-bond acceptors (Lipinski definition) is 3. The lowest BCUT2D eigenvalue weighted by Crippen LogP contribution is -2.73. The molecular formula is C14H23BN2S. The molecule has 2 nitrogen and oxygen atoms in total. The lowest BCUT2D eigenvalue weighted by Gasteiger charge is -2.57. The van der Waals surface area contributed by atoms with Gasteiger partial charge in [0, 0.05) is 11.1 Å². The van der Waals surface area contributed by atoms with Gasteiger partial charge in [0.15, 0.2) is 0 Å². The van der Waals surface area contributed by atoms with Gasteiger partial charge in [-0.15, -0.1) is 0 Å². The molecule has 0 saturated carbocycles. The van der Waals surface area contributed by atoms with Crippen molar-refractivity contribution in [1.29, 1.82) is 0 Å². The van der Waals surface area contributed by atoms with E-state index in [1.165, 1.54) is 5.46 Å². The van der Waals surface area contributed by atoms with Crippen LogP contribution in [0, 0.1) is 0 Å². The quantitative estimate of drug-likeness (QED) is 0.567. The van der Waals surface area contributed by atoms with Gasteiger partial charge in [-0.1, -0.05) is 30.3 Å². The van der Waals surface area contributed by atoms with Crippen molar-refractivity contribution >= 4 is 24.6 Å². The Kier molecular flexibility index (Phi) is 3.56. The van der Waals surface area contributed by atoms with Crippen molar-refractivity contribution in [3.8, 4) is 0 Å². The van der Waals surface area contributed by atoms with Gasteiger partial charge in [-0.3, -0.25) is 8.43 Å². The molecule has 1 fully saturated rings. The summed E-state index contributed by atoms with van der Waals surface area (Å²) in [5.74, 6) is 0. The van der Waals surface area contributed by atoms with Crippen LogP contribution >= 0.6 is 12.1 Å². The van der Waals surface area contributed by atoms with Crippen molar-refractivity contribution in [1.82, 2.24) is 8.43 Å². The average Bonchev–Trinajstić information content (AvgIpc) is 2.12. The molecule has 0 aliphatic carbocycles. The van der Waals surface area contributed by atoms with E-state index in [1.807, 2.05) is 12.1 Å². The molecule has 0 amide bonds. The fraction of sp³-hybridized carbons (Fsp3) is 0.571. The molecule has 18 heavy (non-hydrogen) atoms. The average molecular weight is 262 g/mol. The van der Waals surface area contributed by atoms with Crippen LogP contribution in [0.25, 0.3) is 0 Å². The molecule has 1 aliphatic rings. The topological polar surface area (TPSA) is 6.48 Å². The van der Waals surface area contributed by atoms with Crippen molar-refractivity contribution in [3.63, 3.8) is 0 Å². The van der Waals surface area contributed by atoms with Crippen LogP contribution < -0.4 is 5.46 Å². The van der Waals surface area contributed by atoms with Crippen LogP contribution in [0.5, 0.6) is 0 Å². The van der Waals surface area contributed by atoms with E-state index < -0.39 is 0 Å². The molecule has 0 radical (unpaired) electrons. The van der Waals surface area contributed by atoms with Gasteiger partial charge in [-0.25, -0.2) is 0 Å². The molecule has 0 atom stereocenters. The highest BCUT2D eigenvalue weighted by atomic mass is 32.2. The van der Waals surface area contributed by atoms with Crippen LogP contribution in [0.2, 0.25) is 0 Å². The summed E-state index contributed by atoms with van der Waals surface area (Å²) < 4.78 is 4.96. The SMILES string of the molecule is CC(C)(C)N1SN(C(C)(C)C)B1c1ccccc1. The minimum atomic E-state index is 0.174. The highest BCUT2D eigenvalue weighted by molar-refractivity contribution is 8.00. The van der Waals surface area contributed by atoms with E-state index in [1.54, 1.807) is 0 Å². The summed E-state index contributed by atoms with van der Waals surface area (Å²) in [7, 11) is 0. The maximum absolute atomic E-state index is 2.48. The Balaban J connectivity index is 2.30. The molecule has 98 valence electrons. The van der Waals surface area contributed by atoms with E-state index in [0.29, 0.717) is 6.98 Å². The number of benzene rings is 1. The molecule has 0 bridgehead atoms. The highest BCUT2D eigenvalue weighted by Gasteiger charge is 2.52. The first kappa shape index (κ1) is 14.0. The summed E-state index contributed by atoms with van der Waals surface area (Å²) in [6.45, 7) is 14.0. The Morgan fingerprint density at radius 3 is 1.67 bits per heavy atom. The van der Waals surface area contributed by atoms with E-state index in [0.717, 1.165) is 0 Å². The summed E-state index contributed by atoms with van der Waals surface area (Å²) >= 11 is 1.86. The molecule has 0 unspecified atom stereocenters. The molecule has 0 spiro atoms. The predicted octanol–water partition coefficient (Wildman–Crippen LogP) is 3.16. The van der Waals surface area contributed by atoms with Gasteiger partial charge in [0.05, 0.1) is 0 Å². The van der Waals surface area contributed by atoms with Crippen molar-refractivity contribution < 1.29 is 0 Å². The van der Waals surface area contributed by atoms with Crippen LogP contribution in [0.3, 0.4) is 0 Å². The van der Waals surface area contributed by atoms with Gasteiger partial charge in [0.2, 0.25) is 0 Å². The van der Waals surface area contributed by atoms with Crippen LogP contribution in [0.15, 0.2) is 30.3 Å². The maximum Gasteiger partial charge on any atom is 0.369 e. The zero-order chi connectivity index (χ0) is 13.6. The highest BCUT2D eigenvalue weighted by Crippen LogP contribution is 2.43. The molecule has 1 heterocycles. The minimum absolute atomic E-state index is 0.174. The monoisotopic (exact) mass is 262 g/mol. The number of hydrogen-bond donors (Lipinski definition) is 0. The van der Waals surface area contributed by atoms with E-state index in [-0.39, 0.29) is 11.1 Å². The Morgan fingerprint density at radius 2 is 1.28 bits per heavy atom. The molecule has 1 aliphatic heterocycles. The number of nitrogens with zero attached hydrogens (tertiary/aromatic N) is 2. The van der Waals surface area contributed by atoms with E-state index in [9.17, 15) is 0 Å². The first-order chi connectivity index (χ1) is 8.21. The van der Waals surface area contributed by atoms with Crippen molar-refractivity contribution in [2.75, 3.05) is 0 Å². The Morgan fingerprint density at radius 1 is 0.833 bits per heavy atom. The van der Waals surface area contributed by atoms with Crippen molar-refractivity contribution in [2.45, 2.75) is 52.6 Å². The van der Waals surface area contributed by atoms with Crippen LogP contribution in [-0.2, 0) is 0 Å². The Hall–Kier alpha value is -0.445. The van der Waals surface area contributed by atoms with Crippen LogP contribution in [-0.4, -0.2) is 26.5 Å². The molecule has 1 aromatic rings. The number of rotatable bonds is 1. The molecule has 1 aromatic carbocycles. The third-order valence-electron chi connectivity index (χ3n) is 3.04. The van der Waals surface area contributed by atoms with Gasteiger partial charge in [-0.2, -0.15) is 0 Å². The molecule has 0 N–H and O–H groups in total. The van der Waals surface area contributed by atoms with Gasteiger partial charge in [0.1, 0.15) is 0 Å². The molecule has 1 saturated heterocycles. The zero-order valence-corrected chi connectivity index (χ0v) is 13.1. The summed E-state index contributed by atoms with van der Waals surface area (Å²) in [6, 6.07) is 10.8. The Labute approximate surface area is 116 Å². The first-order valence-corrected chi connectivity index (χ1v) is 7.26. The lowest BCUT2D eigenvalue weighted by atomic mass is 9.64. The van der Waals surface area contributed by atoms with Gasteiger partial charge in [0.25, 0.3) is 0 Å². The van der Waals surface area contributed by atoms with E-state index in [2.05, 4.69) is 80.3 Å². The second kappa shape index (κ2) is 4.59. The first-order valence-electron chi connectivity index (χ1n) is 6.53. The second-order valence-electron chi connectivity index (χ2n) is 6.86. The van der Waals surface area contributed by atoms with Crippen LogP contribution in [0.1, 0.15) is 41.5 Å². The summed E-state index contributed by atoms with van der Waals surface area (Å²) in [4.78, 5) is 0. The zero-order valence-electron chi connectivity index (χ0n) is 12.3. The predicted molar refractivity (Wildman–Crippen MR) is 82.6 cm³/mol. The minimum Gasteiger partial charge on any atom is -0.251 e.